The highest BCUT2D eigenvalue weighted by molar-refractivity contribution is 5.34. The number of benzene rings is 3. The van der Waals surface area contributed by atoms with Gasteiger partial charge in [-0.1, -0.05) is 74.0 Å². The molecule has 3 aromatic carbocycles. The smallest absolute Gasteiger partial charge is 0.127 e. The van der Waals surface area contributed by atoms with Crippen LogP contribution in [-0.2, 0) is 0 Å². The van der Waals surface area contributed by atoms with E-state index in [4.69, 9.17) is 4.74 Å². The van der Waals surface area contributed by atoms with Crippen molar-refractivity contribution in [2.24, 2.45) is 0 Å². The van der Waals surface area contributed by atoms with Gasteiger partial charge in [0.25, 0.3) is 0 Å². The molecule has 0 aliphatic rings. The molecule has 1 unspecified atom stereocenters. The van der Waals surface area contributed by atoms with Gasteiger partial charge in [0.05, 0.1) is 12.6 Å². The number of hydrogen-bond donors (Lipinski definition) is 2. The lowest BCUT2D eigenvalue weighted by Crippen LogP contribution is -2.29. The number of aliphatic hydroxyl groups excluding tert-OH is 1. The molecule has 27 heavy (non-hydrogen) atoms. The van der Waals surface area contributed by atoms with Crippen molar-refractivity contribution in [3.05, 3.63) is 96.1 Å². The second-order valence-electron chi connectivity index (χ2n) is 6.64. The van der Waals surface area contributed by atoms with Crippen molar-refractivity contribution in [2.45, 2.75) is 31.8 Å². The SMILES string of the molecule is CCCC(N[C@@H](CO)c1ccccc1)c1ccc(Oc2ccccc2)cc1. The minimum atomic E-state index is -0.0806. The zero-order valence-electron chi connectivity index (χ0n) is 15.7. The summed E-state index contributed by atoms with van der Waals surface area (Å²) in [5.41, 5.74) is 2.30. The zero-order chi connectivity index (χ0) is 18.9. The van der Waals surface area contributed by atoms with Gasteiger partial charge in [-0.15, -0.1) is 0 Å². The largest absolute Gasteiger partial charge is 0.457 e. The molecular formula is C24H27NO2. The Hall–Kier alpha value is -2.62. The first-order chi connectivity index (χ1) is 13.3. The molecule has 3 heteroatoms. The summed E-state index contributed by atoms with van der Waals surface area (Å²) in [6.07, 6.45) is 2.06. The molecule has 0 bridgehead atoms. The van der Waals surface area contributed by atoms with Crippen LogP contribution in [0.4, 0.5) is 0 Å². The quantitative estimate of drug-likeness (QED) is 0.518. The van der Waals surface area contributed by atoms with Gasteiger partial charge in [0.2, 0.25) is 0 Å². The summed E-state index contributed by atoms with van der Waals surface area (Å²) < 4.78 is 5.88. The number of nitrogens with one attached hydrogen (secondary N) is 1. The van der Waals surface area contributed by atoms with Gasteiger partial charge < -0.3 is 15.2 Å². The molecule has 0 aliphatic heterocycles. The summed E-state index contributed by atoms with van der Waals surface area (Å²) in [5.74, 6) is 1.65. The molecule has 140 valence electrons. The Morgan fingerprint density at radius 2 is 1.30 bits per heavy atom. The molecule has 0 saturated carbocycles. The average molecular weight is 361 g/mol. The molecule has 0 radical (unpaired) electrons. The lowest BCUT2D eigenvalue weighted by Gasteiger charge is -2.25. The lowest BCUT2D eigenvalue weighted by molar-refractivity contribution is 0.230. The van der Waals surface area contributed by atoms with Gasteiger partial charge in [-0.25, -0.2) is 0 Å². The van der Waals surface area contributed by atoms with Crippen LogP contribution in [-0.4, -0.2) is 11.7 Å². The molecule has 0 amide bonds. The minimum absolute atomic E-state index is 0.0689. The standard InChI is InChI=1S/C24H27NO2/c1-2-9-23(25-24(18-26)19-10-5-3-6-11-19)20-14-16-22(17-15-20)27-21-12-7-4-8-13-21/h3-8,10-17,23-26H,2,9,18H2,1H3/t23?,24-/m0/s1. The molecule has 0 fully saturated rings. The van der Waals surface area contributed by atoms with E-state index in [1.807, 2.05) is 72.8 Å². The van der Waals surface area contributed by atoms with Crippen LogP contribution in [0.15, 0.2) is 84.9 Å². The Bertz CT molecular complexity index is 788. The molecule has 0 saturated heterocycles. The van der Waals surface area contributed by atoms with E-state index < -0.39 is 0 Å². The molecule has 3 aromatic rings. The first-order valence-corrected chi connectivity index (χ1v) is 9.55. The van der Waals surface area contributed by atoms with Crippen molar-refractivity contribution in [1.29, 1.82) is 0 Å². The Kier molecular flexibility index (Phi) is 7.03. The van der Waals surface area contributed by atoms with Crippen LogP contribution in [0.3, 0.4) is 0 Å². The number of para-hydroxylation sites is 1. The van der Waals surface area contributed by atoms with Crippen LogP contribution in [0.25, 0.3) is 0 Å². The third kappa shape index (κ3) is 5.43. The second kappa shape index (κ2) is 9.91. The van der Waals surface area contributed by atoms with Crippen molar-refractivity contribution in [1.82, 2.24) is 5.32 Å². The highest BCUT2D eigenvalue weighted by Crippen LogP contribution is 2.27. The van der Waals surface area contributed by atoms with Crippen molar-refractivity contribution in [3.8, 4) is 11.5 Å². The highest BCUT2D eigenvalue weighted by Gasteiger charge is 2.17. The van der Waals surface area contributed by atoms with Crippen LogP contribution in [0.1, 0.15) is 43.0 Å². The molecular weight excluding hydrogens is 334 g/mol. The highest BCUT2D eigenvalue weighted by atomic mass is 16.5. The summed E-state index contributed by atoms with van der Waals surface area (Å²) >= 11 is 0. The van der Waals surface area contributed by atoms with E-state index in [2.05, 4.69) is 24.4 Å². The first-order valence-electron chi connectivity index (χ1n) is 9.55. The fraction of sp³-hybridized carbons (Fsp3) is 0.250. The molecule has 0 heterocycles. The van der Waals surface area contributed by atoms with E-state index in [1.165, 1.54) is 5.56 Å². The van der Waals surface area contributed by atoms with Crippen LogP contribution in [0, 0.1) is 0 Å². The van der Waals surface area contributed by atoms with Crippen LogP contribution >= 0.6 is 0 Å². The maximum atomic E-state index is 9.87. The van der Waals surface area contributed by atoms with Crippen molar-refractivity contribution in [3.63, 3.8) is 0 Å². The summed E-state index contributed by atoms with van der Waals surface area (Å²) in [5, 5.41) is 13.5. The third-order valence-corrected chi connectivity index (χ3v) is 4.63. The Labute approximate surface area is 161 Å². The molecule has 3 rings (SSSR count). The molecule has 0 spiro atoms. The Morgan fingerprint density at radius 1 is 0.741 bits per heavy atom. The Balaban J connectivity index is 1.72. The summed E-state index contributed by atoms with van der Waals surface area (Å²) in [6, 6.07) is 28.2. The lowest BCUT2D eigenvalue weighted by atomic mass is 9.99. The second-order valence-corrected chi connectivity index (χ2v) is 6.64. The van der Waals surface area contributed by atoms with Gasteiger partial charge in [-0.2, -0.15) is 0 Å². The van der Waals surface area contributed by atoms with E-state index in [0.29, 0.717) is 0 Å². The summed E-state index contributed by atoms with van der Waals surface area (Å²) in [4.78, 5) is 0. The Morgan fingerprint density at radius 3 is 1.89 bits per heavy atom. The van der Waals surface area contributed by atoms with Crippen LogP contribution in [0.2, 0.25) is 0 Å². The normalized spacial score (nSPS) is 13.1. The fourth-order valence-electron chi connectivity index (χ4n) is 3.21. The van der Waals surface area contributed by atoms with E-state index in [9.17, 15) is 5.11 Å². The van der Waals surface area contributed by atoms with E-state index in [1.54, 1.807) is 0 Å². The van der Waals surface area contributed by atoms with Gasteiger partial charge in [-0.05, 0) is 41.8 Å². The van der Waals surface area contributed by atoms with Crippen molar-refractivity contribution < 1.29 is 9.84 Å². The van der Waals surface area contributed by atoms with E-state index >= 15 is 0 Å². The molecule has 0 aliphatic carbocycles. The fourth-order valence-corrected chi connectivity index (χ4v) is 3.21. The zero-order valence-corrected chi connectivity index (χ0v) is 15.7. The number of ether oxygens (including phenoxy) is 1. The summed E-state index contributed by atoms with van der Waals surface area (Å²) in [7, 11) is 0. The topological polar surface area (TPSA) is 41.5 Å². The predicted octanol–water partition coefficient (Wildman–Crippen LogP) is 5.64. The predicted molar refractivity (Wildman–Crippen MR) is 110 cm³/mol. The molecule has 2 atom stereocenters. The van der Waals surface area contributed by atoms with Gasteiger partial charge in [0.15, 0.2) is 0 Å². The minimum Gasteiger partial charge on any atom is -0.457 e. The number of rotatable bonds is 9. The third-order valence-electron chi connectivity index (χ3n) is 4.63. The van der Waals surface area contributed by atoms with Gasteiger partial charge in [0, 0.05) is 6.04 Å². The van der Waals surface area contributed by atoms with E-state index in [0.717, 1.165) is 29.9 Å². The van der Waals surface area contributed by atoms with Gasteiger partial charge >= 0.3 is 0 Å². The molecule has 2 N–H and O–H groups in total. The van der Waals surface area contributed by atoms with Crippen LogP contribution < -0.4 is 10.1 Å². The molecule has 0 aromatic heterocycles. The van der Waals surface area contributed by atoms with Crippen LogP contribution in [0.5, 0.6) is 11.5 Å². The monoisotopic (exact) mass is 361 g/mol. The maximum absolute atomic E-state index is 9.87. The summed E-state index contributed by atoms with van der Waals surface area (Å²) in [6.45, 7) is 2.25. The van der Waals surface area contributed by atoms with Gasteiger partial charge in [0.1, 0.15) is 11.5 Å². The van der Waals surface area contributed by atoms with E-state index in [-0.39, 0.29) is 18.7 Å². The van der Waals surface area contributed by atoms with Gasteiger partial charge in [-0.3, -0.25) is 0 Å². The van der Waals surface area contributed by atoms with Crippen molar-refractivity contribution >= 4 is 0 Å². The number of aliphatic hydroxyl groups is 1. The average Bonchev–Trinajstić information content (AvgIpc) is 2.73. The maximum Gasteiger partial charge on any atom is 0.127 e. The van der Waals surface area contributed by atoms with Crippen molar-refractivity contribution in [2.75, 3.05) is 6.61 Å². The number of hydrogen-bond acceptors (Lipinski definition) is 3. The first kappa shape index (κ1) is 19.2. The molecule has 3 nitrogen and oxygen atoms in total.